The van der Waals surface area contributed by atoms with E-state index in [-0.39, 0.29) is 36.9 Å². The molecule has 0 radical (unpaired) electrons. The third kappa shape index (κ3) is 6.27. The summed E-state index contributed by atoms with van der Waals surface area (Å²) >= 11 is 0. The van der Waals surface area contributed by atoms with Gasteiger partial charge in [0.05, 0.1) is 30.3 Å². The number of amides is 3. The minimum absolute atomic E-state index is 0.0370. The number of aromatic amines is 1. The van der Waals surface area contributed by atoms with Crippen LogP contribution in [0.15, 0.2) is 72.0 Å². The molecule has 0 spiro atoms. The highest BCUT2D eigenvalue weighted by Gasteiger charge is 2.24. The Morgan fingerprint density at radius 2 is 1.90 bits per heavy atom. The zero-order valence-electron chi connectivity index (χ0n) is 21.5. The highest BCUT2D eigenvalue weighted by atomic mass is 19.2. The summed E-state index contributed by atoms with van der Waals surface area (Å²) in [6.45, 7) is 0.105. The number of aromatic nitrogens is 3. The van der Waals surface area contributed by atoms with Crippen molar-refractivity contribution in [2.24, 2.45) is 0 Å². The number of imidazole rings is 1. The van der Waals surface area contributed by atoms with Gasteiger partial charge in [-0.15, -0.1) is 0 Å². The second-order valence-electron chi connectivity index (χ2n) is 9.29. The fourth-order valence-electron chi connectivity index (χ4n) is 4.35. The fourth-order valence-corrected chi connectivity index (χ4v) is 4.35. The maximum absolute atomic E-state index is 13.5. The molecule has 0 saturated heterocycles. The number of nitrogens with one attached hydrogen (secondary N) is 4. The van der Waals surface area contributed by atoms with Gasteiger partial charge >= 0.3 is 0 Å². The van der Waals surface area contributed by atoms with E-state index in [1.54, 1.807) is 30.5 Å². The van der Waals surface area contributed by atoms with Crippen LogP contribution >= 0.6 is 0 Å². The molecule has 4 N–H and O–H groups in total. The lowest BCUT2D eigenvalue weighted by Gasteiger charge is -2.10. The second-order valence-corrected chi connectivity index (χ2v) is 9.29. The lowest BCUT2D eigenvalue weighted by atomic mass is 10.1. The van der Waals surface area contributed by atoms with Gasteiger partial charge in [0, 0.05) is 36.1 Å². The third-order valence-electron chi connectivity index (χ3n) is 6.37. The van der Waals surface area contributed by atoms with Crippen molar-refractivity contribution in [1.29, 1.82) is 0 Å². The Kier molecular flexibility index (Phi) is 7.81. The van der Waals surface area contributed by atoms with Crippen LogP contribution in [0.1, 0.15) is 40.0 Å². The molecule has 41 heavy (non-hydrogen) atoms. The van der Waals surface area contributed by atoms with Gasteiger partial charge in [0.25, 0.3) is 17.4 Å². The Morgan fingerprint density at radius 1 is 1.05 bits per heavy atom. The third-order valence-corrected chi connectivity index (χ3v) is 6.37. The maximum atomic E-state index is 13.5. The van der Waals surface area contributed by atoms with E-state index in [2.05, 4.69) is 25.9 Å². The first-order valence-electron chi connectivity index (χ1n) is 12.7. The van der Waals surface area contributed by atoms with E-state index >= 15 is 0 Å². The van der Waals surface area contributed by atoms with Crippen molar-refractivity contribution in [1.82, 2.24) is 19.9 Å². The monoisotopic (exact) mass is 558 g/mol. The number of benzene rings is 2. The molecular formula is C29H24F2N6O4. The van der Waals surface area contributed by atoms with Gasteiger partial charge in [0.15, 0.2) is 11.6 Å². The van der Waals surface area contributed by atoms with Gasteiger partial charge in [-0.25, -0.2) is 13.8 Å². The number of anilines is 2. The van der Waals surface area contributed by atoms with E-state index in [0.29, 0.717) is 40.2 Å². The molecule has 5 rings (SSSR count). The molecule has 12 heteroatoms. The van der Waals surface area contributed by atoms with E-state index in [4.69, 9.17) is 0 Å². The van der Waals surface area contributed by atoms with Gasteiger partial charge in [-0.05, 0) is 60.5 Å². The number of hydrogen-bond donors (Lipinski definition) is 4. The normalized spacial score (nSPS) is 13.1. The Labute approximate surface area is 232 Å². The summed E-state index contributed by atoms with van der Waals surface area (Å²) < 4.78 is 27.9. The Balaban J connectivity index is 1.14. The smallest absolute Gasteiger partial charge is 0.263 e. The molecule has 4 aromatic rings. The van der Waals surface area contributed by atoms with Crippen LogP contribution in [0.25, 0.3) is 11.6 Å². The molecule has 0 aliphatic carbocycles. The topological polar surface area (TPSA) is 138 Å². The van der Waals surface area contributed by atoms with Crippen LogP contribution in [-0.2, 0) is 16.1 Å². The molecule has 2 aromatic carbocycles. The summed E-state index contributed by atoms with van der Waals surface area (Å²) in [6, 6.07) is 11.3. The predicted molar refractivity (Wildman–Crippen MR) is 148 cm³/mol. The van der Waals surface area contributed by atoms with Crippen LogP contribution in [0, 0.1) is 11.6 Å². The zero-order chi connectivity index (χ0) is 28.9. The van der Waals surface area contributed by atoms with E-state index in [9.17, 15) is 28.0 Å². The molecule has 0 bridgehead atoms. The first-order valence-corrected chi connectivity index (χ1v) is 12.7. The van der Waals surface area contributed by atoms with E-state index in [1.807, 2.05) is 0 Å². The average Bonchev–Trinajstić information content (AvgIpc) is 3.57. The quantitative estimate of drug-likeness (QED) is 0.184. The van der Waals surface area contributed by atoms with Crippen LogP contribution in [0.3, 0.4) is 0 Å². The SMILES string of the molecule is O=C(CCCNC(=O)c1cccn(Cc2ccc(F)c(F)c2)c1=O)Nc1ccc2c(c1)C(=Cc1cnc[nH]1)C(=O)N2. The molecule has 3 heterocycles. The molecule has 10 nitrogen and oxygen atoms in total. The Hall–Kier alpha value is -5.39. The van der Waals surface area contributed by atoms with Crippen molar-refractivity contribution in [2.75, 3.05) is 17.2 Å². The van der Waals surface area contributed by atoms with Crippen molar-refractivity contribution in [3.05, 3.63) is 112 Å². The number of nitrogens with zero attached hydrogens (tertiary/aromatic N) is 2. The first-order chi connectivity index (χ1) is 19.8. The highest BCUT2D eigenvalue weighted by molar-refractivity contribution is 6.35. The molecule has 0 unspecified atom stereocenters. The number of H-pyrrole nitrogens is 1. The van der Waals surface area contributed by atoms with Crippen molar-refractivity contribution >= 4 is 40.7 Å². The van der Waals surface area contributed by atoms with E-state index in [1.165, 1.54) is 35.3 Å². The van der Waals surface area contributed by atoms with E-state index < -0.39 is 23.1 Å². The molecule has 1 aliphatic rings. The highest BCUT2D eigenvalue weighted by Crippen LogP contribution is 2.34. The van der Waals surface area contributed by atoms with Gasteiger partial charge in [-0.3, -0.25) is 19.2 Å². The van der Waals surface area contributed by atoms with Crippen LogP contribution in [-0.4, -0.2) is 38.8 Å². The molecule has 0 fully saturated rings. The first kappa shape index (κ1) is 27.2. The number of halogens is 2. The van der Waals surface area contributed by atoms with Crippen LogP contribution in [0.5, 0.6) is 0 Å². The number of fused-ring (bicyclic) bond motifs is 1. The summed E-state index contributed by atoms with van der Waals surface area (Å²) in [5.74, 6) is -3.17. The van der Waals surface area contributed by atoms with Crippen molar-refractivity contribution in [2.45, 2.75) is 19.4 Å². The van der Waals surface area contributed by atoms with Crippen molar-refractivity contribution in [3.8, 4) is 0 Å². The van der Waals surface area contributed by atoms with Crippen molar-refractivity contribution < 1.29 is 23.2 Å². The van der Waals surface area contributed by atoms with Gasteiger partial charge in [-0.1, -0.05) is 6.07 Å². The van der Waals surface area contributed by atoms with Gasteiger partial charge in [-0.2, -0.15) is 0 Å². The summed E-state index contributed by atoms with van der Waals surface area (Å²) in [6.07, 6.45) is 6.63. The minimum atomic E-state index is -1.02. The van der Waals surface area contributed by atoms with Gasteiger partial charge in [0.2, 0.25) is 5.91 Å². The molecule has 2 aromatic heterocycles. The molecular weight excluding hydrogens is 534 g/mol. The largest absolute Gasteiger partial charge is 0.352 e. The number of hydrogen-bond acceptors (Lipinski definition) is 5. The molecule has 3 amide bonds. The number of carbonyl (C=O) groups excluding carboxylic acids is 3. The fraction of sp³-hybridized carbons (Fsp3) is 0.138. The lowest BCUT2D eigenvalue weighted by molar-refractivity contribution is -0.116. The van der Waals surface area contributed by atoms with Gasteiger partial charge in [0.1, 0.15) is 5.56 Å². The zero-order valence-corrected chi connectivity index (χ0v) is 21.5. The molecule has 1 aliphatic heterocycles. The minimum Gasteiger partial charge on any atom is -0.352 e. The van der Waals surface area contributed by atoms with Crippen LogP contribution in [0.4, 0.5) is 20.2 Å². The van der Waals surface area contributed by atoms with E-state index in [0.717, 1.165) is 12.1 Å². The second kappa shape index (κ2) is 11.8. The number of carbonyl (C=O) groups is 3. The van der Waals surface area contributed by atoms with Crippen LogP contribution in [0.2, 0.25) is 0 Å². The summed E-state index contributed by atoms with van der Waals surface area (Å²) in [5, 5.41) is 8.20. The Morgan fingerprint density at radius 3 is 2.68 bits per heavy atom. The molecule has 0 saturated carbocycles. The summed E-state index contributed by atoms with van der Waals surface area (Å²) in [7, 11) is 0. The summed E-state index contributed by atoms with van der Waals surface area (Å²) in [5.41, 5.74) is 2.56. The number of rotatable bonds is 9. The maximum Gasteiger partial charge on any atom is 0.263 e. The standard InChI is InChI=1S/C29H24F2N6O4/c30-23-7-5-17(11-24(23)31)15-37-10-2-3-20(29(37)41)27(39)33-9-1-4-26(38)35-18-6-8-25-21(12-18)22(28(40)36-25)13-19-14-32-16-34-19/h2-3,5-8,10-14,16H,1,4,9,15H2,(H,32,34)(H,33,39)(H,35,38)(H,36,40). The molecule has 208 valence electrons. The lowest BCUT2D eigenvalue weighted by Crippen LogP contribution is -2.33. The number of pyridine rings is 1. The summed E-state index contributed by atoms with van der Waals surface area (Å²) in [4.78, 5) is 57.1. The average molecular weight is 559 g/mol. The molecule has 0 atom stereocenters. The van der Waals surface area contributed by atoms with Crippen LogP contribution < -0.4 is 21.5 Å². The predicted octanol–water partition coefficient (Wildman–Crippen LogP) is 3.54. The Bertz CT molecular complexity index is 1730. The van der Waals surface area contributed by atoms with Crippen molar-refractivity contribution in [3.63, 3.8) is 0 Å². The van der Waals surface area contributed by atoms with Gasteiger partial charge < -0.3 is 25.5 Å².